The molecule has 0 aliphatic carbocycles. The van der Waals surface area contributed by atoms with E-state index in [1.807, 2.05) is 29.5 Å². The molecule has 0 amide bonds. The second kappa shape index (κ2) is 6.38. The molecule has 2 aromatic heterocycles. The van der Waals surface area contributed by atoms with Crippen molar-refractivity contribution in [3.05, 3.63) is 67.5 Å². The van der Waals surface area contributed by atoms with E-state index in [4.69, 9.17) is 23.2 Å². The van der Waals surface area contributed by atoms with Crippen molar-refractivity contribution < 1.29 is 0 Å². The van der Waals surface area contributed by atoms with Crippen LogP contribution in [0.4, 0.5) is 0 Å². The van der Waals surface area contributed by atoms with Crippen molar-refractivity contribution in [1.29, 1.82) is 0 Å². The summed E-state index contributed by atoms with van der Waals surface area (Å²) in [7, 11) is 1.95. The second-order valence-electron chi connectivity index (χ2n) is 5.03. The summed E-state index contributed by atoms with van der Waals surface area (Å²) in [6.07, 6.45) is 1.73. The van der Waals surface area contributed by atoms with Crippen LogP contribution in [0.2, 0.25) is 10.0 Å². The normalized spacial score (nSPS) is 11.5. The molecule has 0 N–H and O–H groups in total. The molecule has 22 heavy (non-hydrogen) atoms. The lowest BCUT2D eigenvalue weighted by Gasteiger charge is -2.17. The van der Waals surface area contributed by atoms with E-state index in [0.717, 1.165) is 11.3 Å². The zero-order chi connectivity index (χ0) is 15.7. The number of benzene rings is 1. The number of nitrogens with zero attached hydrogens (tertiary/aromatic N) is 3. The van der Waals surface area contributed by atoms with Gasteiger partial charge < -0.3 is 0 Å². The number of halogens is 2. The molecule has 1 aromatic carbocycles. The zero-order valence-electron chi connectivity index (χ0n) is 11.8. The highest BCUT2D eigenvalue weighted by molar-refractivity contribution is 7.15. The number of aromatic nitrogens is 2. The number of rotatable bonds is 4. The van der Waals surface area contributed by atoms with Crippen LogP contribution in [0, 0.1) is 0 Å². The predicted octanol–water partition coefficient (Wildman–Crippen LogP) is 3.69. The van der Waals surface area contributed by atoms with E-state index in [-0.39, 0.29) is 5.56 Å². The van der Waals surface area contributed by atoms with Crippen molar-refractivity contribution in [3.8, 4) is 0 Å². The van der Waals surface area contributed by atoms with Gasteiger partial charge in [-0.25, -0.2) is 4.98 Å². The van der Waals surface area contributed by atoms with Gasteiger partial charge >= 0.3 is 0 Å². The Morgan fingerprint density at radius 1 is 1.32 bits per heavy atom. The summed E-state index contributed by atoms with van der Waals surface area (Å²) in [6, 6.07) is 7.14. The summed E-state index contributed by atoms with van der Waals surface area (Å²) in [5.41, 5.74) is 1.63. The Kier molecular flexibility index (Phi) is 4.49. The first-order chi connectivity index (χ1) is 10.5. The topological polar surface area (TPSA) is 37.6 Å². The van der Waals surface area contributed by atoms with Crippen LogP contribution in [-0.4, -0.2) is 21.3 Å². The molecule has 3 rings (SSSR count). The Morgan fingerprint density at radius 2 is 2.14 bits per heavy atom. The van der Waals surface area contributed by atoms with Gasteiger partial charge in [-0.2, -0.15) is 0 Å². The minimum atomic E-state index is -0.0598. The highest BCUT2D eigenvalue weighted by atomic mass is 35.5. The average Bonchev–Trinajstić information content (AvgIpc) is 2.93. The Morgan fingerprint density at radius 3 is 2.95 bits per heavy atom. The van der Waals surface area contributed by atoms with Crippen molar-refractivity contribution in [2.75, 3.05) is 7.05 Å². The van der Waals surface area contributed by atoms with Crippen LogP contribution in [0.25, 0.3) is 4.96 Å². The third-order valence-corrected chi connectivity index (χ3v) is 4.87. The SMILES string of the molecule is CN(Cc1cc(=O)n2ccsc2n1)Cc1cccc(Cl)c1Cl. The molecule has 7 heteroatoms. The van der Waals surface area contributed by atoms with Crippen LogP contribution < -0.4 is 5.56 Å². The number of thiazole rings is 1. The summed E-state index contributed by atoms with van der Waals surface area (Å²) in [5, 5.41) is 2.96. The maximum atomic E-state index is 12.0. The van der Waals surface area contributed by atoms with Crippen molar-refractivity contribution in [2.45, 2.75) is 13.1 Å². The minimum absolute atomic E-state index is 0.0598. The molecular weight excluding hydrogens is 341 g/mol. The molecule has 3 aromatic rings. The summed E-state index contributed by atoms with van der Waals surface area (Å²) < 4.78 is 1.54. The number of fused-ring (bicyclic) bond motifs is 1. The molecular formula is C15H13Cl2N3OS. The van der Waals surface area contributed by atoms with Gasteiger partial charge in [0, 0.05) is 30.7 Å². The van der Waals surface area contributed by atoms with Gasteiger partial charge in [0.15, 0.2) is 4.96 Å². The van der Waals surface area contributed by atoms with Gasteiger partial charge in [-0.15, -0.1) is 11.3 Å². The Bertz CT molecular complexity index is 875. The molecule has 114 valence electrons. The molecule has 0 saturated heterocycles. The maximum absolute atomic E-state index is 12.0. The molecule has 0 bridgehead atoms. The summed E-state index contributed by atoms with van der Waals surface area (Å²) >= 11 is 13.7. The van der Waals surface area contributed by atoms with Crippen molar-refractivity contribution in [3.63, 3.8) is 0 Å². The fourth-order valence-electron chi connectivity index (χ4n) is 2.26. The molecule has 2 heterocycles. The lowest BCUT2D eigenvalue weighted by Crippen LogP contribution is -2.21. The van der Waals surface area contributed by atoms with Gasteiger partial charge in [0.1, 0.15) is 0 Å². The van der Waals surface area contributed by atoms with E-state index in [1.165, 1.54) is 11.3 Å². The van der Waals surface area contributed by atoms with E-state index in [2.05, 4.69) is 4.98 Å². The highest BCUT2D eigenvalue weighted by Gasteiger charge is 2.10. The van der Waals surface area contributed by atoms with Crippen LogP contribution in [0.3, 0.4) is 0 Å². The standard InChI is InChI=1S/C15H13Cl2N3OS/c1-19(8-10-3-2-4-12(16)14(10)17)9-11-7-13(21)20-5-6-22-15(20)18-11/h2-7H,8-9H2,1H3. The third-order valence-electron chi connectivity index (χ3n) is 3.26. The van der Waals surface area contributed by atoms with Gasteiger partial charge in [0.05, 0.1) is 15.7 Å². The Balaban J connectivity index is 1.79. The molecule has 0 fully saturated rings. The molecule has 0 spiro atoms. The predicted molar refractivity (Wildman–Crippen MR) is 91.0 cm³/mol. The van der Waals surface area contributed by atoms with Gasteiger partial charge in [-0.05, 0) is 18.7 Å². The van der Waals surface area contributed by atoms with Crippen LogP contribution in [0.15, 0.2) is 40.6 Å². The van der Waals surface area contributed by atoms with Gasteiger partial charge in [0.25, 0.3) is 5.56 Å². The first-order valence-corrected chi connectivity index (χ1v) is 8.25. The van der Waals surface area contributed by atoms with Crippen LogP contribution in [0.5, 0.6) is 0 Å². The smallest absolute Gasteiger partial charge is 0.258 e. The summed E-state index contributed by atoms with van der Waals surface area (Å²) in [5.74, 6) is 0. The van der Waals surface area contributed by atoms with Crippen molar-refractivity contribution in [2.24, 2.45) is 0 Å². The fourth-order valence-corrected chi connectivity index (χ4v) is 3.38. The van der Waals surface area contributed by atoms with Crippen molar-refractivity contribution >= 4 is 39.5 Å². The maximum Gasteiger partial charge on any atom is 0.258 e. The minimum Gasteiger partial charge on any atom is -0.296 e. The summed E-state index contributed by atoms with van der Waals surface area (Å²) in [4.78, 5) is 19.2. The fraction of sp³-hybridized carbons (Fsp3) is 0.200. The summed E-state index contributed by atoms with van der Waals surface area (Å²) in [6.45, 7) is 1.19. The monoisotopic (exact) mass is 353 g/mol. The molecule has 0 saturated carbocycles. The van der Waals surface area contributed by atoms with Gasteiger partial charge in [-0.3, -0.25) is 14.1 Å². The Labute approximate surface area is 141 Å². The quantitative estimate of drug-likeness (QED) is 0.717. The second-order valence-corrected chi connectivity index (χ2v) is 6.68. The van der Waals surface area contributed by atoms with E-state index >= 15 is 0 Å². The molecule has 0 unspecified atom stereocenters. The van der Waals surface area contributed by atoms with Crippen LogP contribution in [0.1, 0.15) is 11.3 Å². The first kappa shape index (κ1) is 15.5. The van der Waals surface area contributed by atoms with Gasteiger partial charge in [-0.1, -0.05) is 35.3 Å². The zero-order valence-corrected chi connectivity index (χ0v) is 14.1. The Hall–Kier alpha value is -1.40. The molecule has 4 nitrogen and oxygen atoms in total. The van der Waals surface area contributed by atoms with Crippen LogP contribution in [-0.2, 0) is 13.1 Å². The molecule has 0 aliphatic rings. The first-order valence-electron chi connectivity index (χ1n) is 6.62. The molecule has 0 aliphatic heterocycles. The lowest BCUT2D eigenvalue weighted by atomic mass is 10.2. The highest BCUT2D eigenvalue weighted by Crippen LogP contribution is 2.26. The number of hydrogen-bond acceptors (Lipinski definition) is 4. The lowest BCUT2D eigenvalue weighted by molar-refractivity contribution is 0.315. The largest absolute Gasteiger partial charge is 0.296 e. The van der Waals surface area contributed by atoms with E-state index in [1.54, 1.807) is 22.7 Å². The average molecular weight is 354 g/mol. The van der Waals surface area contributed by atoms with Crippen LogP contribution >= 0.6 is 34.5 Å². The van der Waals surface area contributed by atoms with E-state index in [0.29, 0.717) is 28.1 Å². The van der Waals surface area contributed by atoms with Gasteiger partial charge in [0.2, 0.25) is 0 Å². The molecule has 0 radical (unpaired) electrons. The van der Waals surface area contributed by atoms with E-state index < -0.39 is 0 Å². The number of hydrogen-bond donors (Lipinski definition) is 0. The van der Waals surface area contributed by atoms with Crippen molar-refractivity contribution in [1.82, 2.24) is 14.3 Å². The molecule has 0 atom stereocenters. The third kappa shape index (κ3) is 3.17. The van der Waals surface area contributed by atoms with E-state index in [9.17, 15) is 4.79 Å².